The van der Waals surface area contributed by atoms with Gasteiger partial charge in [-0.15, -0.1) is 23.5 Å². The van der Waals surface area contributed by atoms with Crippen LogP contribution in [-0.4, -0.2) is 29.3 Å². The van der Waals surface area contributed by atoms with Crippen LogP contribution in [0.2, 0.25) is 0 Å². The van der Waals surface area contributed by atoms with E-state index in [1.807, 2.05) is 12.1 Å². The van der Waals surface area contributed by atoms with Crippen LogP contribution in [-0.2, 0) is 17.8 Å². The fraction of sp³-hybridized carbons (Fsp3) is 0.462. The van der Waals surface area contributed by atoms with E-state index in [2.05, 4.69) is 79.5 Å². The molecule has 1 saturated heterocycles. The zero-order valence-corrected chi connectivity index (χ0v) is 19.9. The third kappa shape index (κ3) is 7.40. The lowest BCUT2D eigenvalue weighted by atomic mass is 9.90. The van der Waals surface area contributed by atoms with Gasteiger partial charge < -0.3 is 9.47 Å². The van der Waals surface area contributed by atoms with Crippen molar-refractivity contribution >= 4 is 23.5 Å². The molecule has 2 aromatic carbocycles. The van der Waals surface area contributed by atoms with Crippen LogP contribution in [0.3, 0.4) is 0 Å². The Morgan fingerprint density at radius 2 is 1.73 bits per heavy atom. The Hall–Kier alpha value is -1.36. The van der Waals surface area contributed by atoms with Gasteiger partial charge in [0.25, 0.3) is 0 Å². The van der Waals surface area contributed by atoms with Gasteiger partial charge >= 0.3 is 0 Å². The minimum Gasteiger partial charge on any atom is -0.497 e. The van der Waals surface area contributed by atoms with Crippen molar-refractivity contribution < 1.29 is 9.47 Å². The lowest BCUT2D eigenvalue weighted by Crippen LogP contribution is -2.26. The number of methoxy groups -OCH3 is 1. The Labute approximate surface area is 190 Å². The predicted octanol–water partition coefficient (Wildman–Crippen LogP) is 6.99. The van der Waals surface area contributed by atoms with E-state index < -0.39 is 0 Å². The molecule has 4 heteroatoms. The number of hydrogen-bond acceptors (Lipinski definition) is 4. The first-order valence-corrected chi connectivity index (χ1v) is 12.9. The van der Waals surface area contributed by atoms with Gasteiger partial charge in [0.2, 0.25) is 0 Å². The van der Waals surface area contributed by atoms with Gasteiger partial charge in [0, 0.05) is 0 Å². The van der Waals surface area contributed by atoms with Crippen molar-refractivity contribution in [2.75, 3.05) is 18.6 Å². The molecule has 0 aliphatic carbocycles. The summed E-state index contributed by atoms with van der Waals surface area (Å²) in [4.78, 5) is 0. The smallest absolute Gasteiger partial charge is 0.118 e. The van der Waals surface area contributed by atoms with Crippen molar-refractivity contribution in [2.45, 2.75) is 49.9 Å². The van der Waals surface area contributed by atoms with E-state index in [9.17, 15) is 0 Å². The second kappa shape index (κ2) is 12.5. The molecule has 0 saturated carbocycles. The van der Waals surface area contributed by atoms with Crippen molar-refractivity contribution in [3.63, 3.8) is 0 Å². The van der Waals surface area contributed by atoms with Crippen molar-refractivity contribution in [1.29, 1.82) is 0 Å². The molecule has 1 fully saturated rings. The molecule has 1 aliphatic rings. The van der Waals surface area contributed by atoms with E-state index in [0.29, 0.717) is 17.1 Å². The molecule has 2 aromatic rings. The molecule has 2 atom stereocenters. The van der Waals surface area contributed by atoms with E-state index in [1.165, 1.54) is 41.0 Å². The summed E-state index contributed by atoms with van der Waals surface area (Å²) in [6, 6.07) is 18.9. The Balaban J connectivity index is 1.62. The van der Waals surface area contributed by atoms with E-state index in [-0.39, 0.29) is 6.10 Å². The summed E-state index contributed by atoms with van der Waals surface area (Å²) >= 11 is 4.22. The summed E-state index contributed by atoms with van der Waals surface area (Å²) in [5, 5.41) is 0. The van der Waals surface area contributed by atoms with Gasteiger partial charge in [-0.05, 0) is 71.9 Å². The van der Waals surface area contributed by atoms with Crippen molar-refractivity contribution in [1.82, 2.24) is 0 Å². The first kappa shape index (κ1) is 23.3. The summed E-state index contributed by atoms with van der Waals surface area (Å²) in [5.74, 6) is 3.85. The molecular formula is C26H34O2S2. The zero-order valence-electron chi connectivity index (χ0n) is 18.2. The molecule has 30 heavy (non-hydrogen) atoms. The maximum absolute atomic E-state index is 6.48. The lowest BCUT2D eigenvalue weighted by molar-refractivity contribution is 0.0283. The average molecular weight is 443 g/mol. The number of rotatable bonds is 11. The molecule has 0 radical (unpaired) electrons. The number of ether oxygens (including phenoxy) is 2. The van der Waals surface area contributed by atoms with Crippen molar-refractivity contribution in [2.24, 2.45) is 5.92 Å². The quantitative estimate of drug-likeness (QED) is 0.349. The van der Waals surface area contributed by atoms with Crippen LogP contribution in [0, 0.1) is 5.92 Å². The van der Waals surface area contributed by atoms with Gasteiger partial charge in [-0.1, -0.05) is 56.0 Å². The SMILES string of the molecule is C=C(CCC1SCCCS1)[C@@H](OCc1ccc(OC)cc1)[C@H](C)Cc1ccccc1. The van der Waals surface area contributed by atoms with Gasteiger partial charge in [0.05, 0.1) is 24.4 Å². The van der Waals surface area contributed by atoms with Crippen LogP contribution in [0.15, 0.2) is 66.7 Å². The first-order valence-electron chi connectivity index (χ1n) is 10.8. The second-order valence-electron chi connectivity index (χ2n) is 7.97. The van der Waals surface area contributed by atoms with Gasteiger partial charge in [0.15, 0.2) is 0 Å². The van der Waals surface area contributed by atoms with Crippen molar-refractivity contribution in [3.8, 4) is 5.75 Å². The predicted molar refractivity (Wildman–Crippen MR) is 133 cm³/mol. The average Bonchev–Trinajstić information content (AvgIpc) is 2.79. The van der Waals surface area contributed by atoms with Crippen LogP contribution in [0.5, 0.6) is 5.75 Å². The maximum Gasteiger partial charge on any atom is 0.118 e. The van der Waals surface area contributed by atoms with Crippen molar-refractivity contribution in [3.05, 3.63) is 77.9 Å². The molecular weight excluding hydrogens is 408 g/mol. The highest BCUT2D eigenvalue weighted by Crippen LogP contribution is 2.35. The summed E-state index contributed by atoms with van der Waals surface area (Å²) < 4.78 is 12.5. The van der Waals surface area contributed by atoms with Crippen LogP contribution in [0.1, 0.15) is 37.3 Å². The number of benzene rings is 2. The van der Waals surface area contributed by atoms with E-state index in [4.69, 9.17) is 9.47 Å². The maximum atomic E-state index is 6.48. The van der Waals surface area contributed by atoms with Gasteiger partial charge in [-0.25, -0.2) is 0 Å². The first-order chi connectivity index (χ1) is 14.7. The summed E-state index contributed by atoms with van der Waals surface area (Å²) in [6.45, 7) is 7.37. The van der Waals surface area contributed by atoms with E-state index in [1.54, 1.807) is 7.11 Å². The summed E-state index contributed by atoms with van der Waals surface area (Å²) in [7, 11) is 1.69. The minimum atomic E-state index is 0.0610. The second-order valence-corrected chi connectivity index (χ2v) is 10.9. The molecule has 2 nitrogen and oxygen atoms in total. The van der Waals surface area contributed by atoms with E-state index >= 15 is 0 Å². The van der Waals surface area contributed by atoms with E-state index in [0.717, 1.165) is 18.6 Å². The Morgan fingerprint density at radius 3 is 2.40 bits per heavy atom. The molecule has 0 amide bonds. The minimum absolute atomic E-state index is 0.0610. The third-order valence-electron chi connectivity index (χ3n) is 5.51. The van der Waals surface area contributed by atoms with Crippen LogP contribution in [0.4, 0.5) is 0 Å². The Kier molecular flexibility index (Phi) is 9.70. The number of thioether (sulfide) groups is 2. The normalized spacial score (nSPS) is 16.7. The summed E-state index contributed by atoms with van der Waals surface area (Å²) in [5.41, 5.74) is 3.76. The fourth-order valence-electron chi connectivity index (χ4n) is 3.83. The highest BCUT2D eigenvalue weighted by molar-refractivity contribution is 8.17. The Bertz CT molecular complexity index is 754. The molecule has 1 heterocycles. The molecule has 0 spiro atoms. The monoisotopic (exact) mass is 442 g/mol. The highest BCUT2D eigenvalue weighted by Gasteiger charge is 2.23. The third-order valence-corrected chi connectivity index (χ3v) is 8.59. The molecule has 1 aliphatic heterocycles. The fourth-order valence-corrected chi connectivity index (χ4v) is 6.70. The molecule has 0 bridgehead atoms. The largest absolute Gasteiger partial charge is 0.497 e. The topological polar surface area (TPSA) is 18.5 Å². The molecule has 0 unspecified atom stereocenters. The zero-order chi connectivity index (χ0) is 21.2. The van der Waals surface area contributed by atoms with Crippen LogP contribution in [0.25, 0.3) is 0 Å². The van der Waals surface area contributed by atoms with Gasteiger partial charge in [-0.2, -0.15) is 0 Å². The Morgan fingerprint density at radius 1 is 1.03 bits per heavy atom. The molecule has 3 rings (SSSR count). The van der Waals surface area contributed by atoms with Gasteiger partial charge in [-0.3, -0.25) is 0 Å². The number of hydrogen-bond donors (Lipinski definition) is 0. The molecule has 0 N–H and O–H groups in total. The van der Waals surface area contributed by atoms with Gasteiger partial charge in [0.1, 0.15) is 5.75 Å². The highest BCUT2D eigenvalue weighted by atomic mass is 32.2. The standard InChI is InChI=1S/C26H34O2S2/c1-20(10-15-25-29-16-7-17-30-25)26(21(2)18-22-8-5-4-6-9-22)28-19-23-11-13-24(27-3)14-12-23/h4-6,8-9,11-14,21,25-26H,1,7,10,15-19H2,2-3H3/t21-,26-/m1/s1. The molecule has 162 valence electrons. The lowest BCUT2D eigenvalue weighted by Gasteiger charge is -2.28. The van der Waals surface area contributed by atoms with Crippen LogP contribution < -0.4 is 4.74 Å². The summed E-state index contributed by atoms with van der Waals surface area (Å²) in [6.07, 6.45) is 4.63. The molecule has 0 aromatic heterocycles. The van der Waals surface area contributed by atoms with Crippen LogP contribution >= 0.6 is 23.5 Å².